The van der Waals surface area contributed by atoms with Crippen LogP contribution >= 0.6 is 0 Å². The Bertz CT molecular complexity index is 581. The summed E-state index contributed by atoms with van der Waals surface area (Å²) in [5.41, 5.74) is -0.622. The van der Waals surface area contributed by atoms with E-state index in [-0.39, 0.29) is 23.0 Å². The molecular weight excluding hydrogens is 278 g/mol. The van der Waals surface area contributed by atoms with Gasteiger partial charge in [0.2, 0.25) is 0 Å². The second kappa shape index (κ2) is 6.21. The van der Waals surface area contributed by atoms with Gasteiger partial charge in [-0.3, -0.25) is 10.1 Å². The van der Waals surface area contributed by atoms with Crippen LogP contribution < -0.4 is 10.6 Å². The number of nitro benzene ring substituents is 1. The Morgan fingerprint density at radius 1 is 1.29 bits per heavy atom. The lowest BCUT2D eigenvalue weighted by Crippen LogP contribution is -2.36. The highest BCUT2D eigenvalue weighted by atomic mass is 16.6. The molecule has 0 radical (unpaired) electrons. The molecule has 1 aromatic rings. The summed E-state index contributed by atoms with van der Waals surface area (Å²) in [5, 5.41) is 24.9. The molecule has 2 amide bonds. The van der Waals surface area contributed by atoms with E-state index in [1.54, 1.807) is 0 Å². The van der Waals surface area contributed by atoms with Gasteiger partial charge in [-0.15, -0.1) is 0 Å². The molecule has 112 valence electrons. The molecule has 1 aromatic carbocycles. The molecule has 1 saturated carbocycles. The van der Waals surface area contributed by atoms with E-state index >= 15 is 0 Å². The number of nitro groups is 1. The molecule has 1 fully saturated rings. The number of hydrogen-bond acceptors (Lipinski definition) is 4. The number of benzene rings is 1. The van der Waals surface area contributed by atoms with Crippen LogP contribution in [0.15, 0.2) is 18.2 Å². The molecule has 0 aliphatic heterocycles. The quantitative estimate of drug-likeness (QED) is 0.581. The molecule has 0 saturated heterocycles. The van der Waals surface area contributed by atoms with Gasteiger partial charge in [0.05, 0.1) is 16.2 Å². The summed E-state index contributed by atoms with van der Waals surface area (Å²) in [6, 6.07) is 2.88. The predicted octanol–water partition coefficient (Wildman–Crippen LogP) is 2.36. The highest BCUT2D eigenvalue weighted by Gasteiger charge is 2.20. The van der Waals surface area contributed by atoms with Gasteiger partial charge >= 0.3 is 12.0 Å². The van der Waals surface area contributed by atoms with Crippen LogP contribution in [0.1, 0.15) is 36.0 Å². The summed E-state index contributed by atoms with van der Waals surface area (Å²) in [7, 11) is 0. The third-order valence-electron chi connectivity index (χ3n) is 3.38. The highest BCUT2D eigenvalue weighted by molar-refractivity contribution is 6.00. The summed E-state index contributed by atoms with van der Waals surface area (Å²) in [6.45, 7) is 0. The lowest BCUT2D eigenvalue weighted by atomic mass is 10.1. The number of carbonyl (C=O) groups is 2. The van der Waals surface area contributed by atoms with Crippen molar-refractivity contribution in [3.05, 3.63) is 33.9 Å². The van der Waals surface area contributed by atoms with Crippen LogP contribution in [0.5, 0.6) is 0 Å². The van der Waals surface area contributed by atoms with Crippen molar-refractivity contribution in [2.24, 2.45) is 0 Å². The number of hydrogen-bond donors (Lipinski definition) is 3. The Morgan fingerprint density at radius 3 is 2.52 bits per heavy atom. The first-order chi connectivity index (χ1) is 9.97. The maximum absolute atomic E-state index is 11.8. The fourth-order valence-corrected chi connectivity index (χ4v) is 2.35. The van der Waals surface area contributed by atoms with Gasteiger partial charge in [0.25, 0.3) is 5.69 Å². The van der Waals surface area contributed by atoms with Crippen molar-refractivity contribution >= 4 is 23.4 Å². The SMILES string of the molecule is O=C(Nc1ccc([N+](=O)[O-])cc1C(=O)O)NC1CCCC1. The van der Waals surface area contributed by atoms with Crippen LogP contribution in [0.2, 0.25) is 0 Å². The van der Waals surface area contributed by atoms with Crippen molar-refractivity contribution in [3.63, 3.8) is 0 Å². The van der Waals surface area contributed by atoms with Crippen LogP contribution in [0, 0.1) is 10.1 Å². The van der Waals surface area contributed by atoms with Crippen molar-refractivity contribution in [2.45, 2.75) is 31.7 Å². The van der Waals surface area contributed by atoms with Crippen molar-refractivity contribution < 1.29 is 19.6 Å². The molecule has 0 heterocycles. The average Bonchev–Trinajstić information content (AvgIpc) is 2.91. The number of rotatable bonds is 4. The Morgan fingerprint density at radius 2 is 1.95 bits per heavy atom. The van der Waals surface area contributed by atoms with Gasteiger partial charge in [-0.25, -0.2) is 9.59 Å². The second-order valence-electron chi connectivity index (χ2n) is 4.87. The Hall–Kier alpha value is -2.64. The number of anilines is 1. The molecule has 0 bridgehead atoms. The van der Waals surface area contributed by atoms with E-state index in [0.717, 1.165) is 37.8 Å². The maximum atomic E-state index is 11.8. The number of nitrogens with one attached hydrogen (secondary N) is 2. The fraction of sp³-hybridized carbons (Fsp3) is 0.385. The van der Waals surface area contributed by atoms with Gasteiger partial charge in [-0.1, -0.05) is 12.8 Å². The molecule has 0 atom stereocenters. The van der Waals surface area contributed by atoms with Crippen molar-refractivity contribution in [2.75, 3.05) is 5.32 Å². The van der Waals surface area contributed by atoms with E-state index in [4.69, 9.17) is 5.11 Å². The minimum absolute atomic E-state index is 0.0311. The van der Waals surface area contributed by atoms with Gasteiger partial charge in [0, 0.05) is 18.2 Å². The molecule has 8 nitrogen and oxygen atoms in total. The minimum Gasteiger partial charge on any atom is -0.478 e. The van der Waals surface area contributed by atoms with Gasteiger partial charge < -0.3 is 15.7 Å². The molecule has 1 aliphatic rings. The summed E-state index contributed by atoms with van der Waals surface area (Å²) in [6.07, 6.45) is 3.92. The van der Waals surface area contributed by atoms with E-state index in [1.807, 2.05) is 0 Å². The van der Waals surface area contributed by atoms with Gasteiger partial charge in [0.1, 0.15) is 0 Å². The van der Waals surface area contributed by atoms with E-state index in [1.165, 1.54) is 6.07 Å². The van der Waals surface area contributed by atoms with Crippen molar-refractivity contribution in [1.82, 2.24) is 5.32 Å². The number of nitrogens with zero attached hydrogens (tertiary/aromatic N) is 1. The van der Waals surface area contributed by atoms with Gasteiger partial charge in [0.15, 0.2) is 0 Å². The molecular formula is C13H15N3O5. The normalized spacial score (nSPS) is 14.7. The Labute approximate surface area is 120 Å². The molecule has 2 rings (SSSR count). The molecule has 3 N–H and O–H groups in total. The number of carboxylic acids is 1. The topological polar surface area (TPSA) is 122 Å². The van der Waals surface area contributed by atoms with Crippen LogP contribution in [0.4, 0.5) is 16.2 Å². The third-order valence-corrected chi connectivity index (χ3v) is 3.38. The Balaban J connectivity index is 2.12. The standard InChI is InChI=1S/C13H15N3O5/c17-12(18)10-7-9(16(20)21)5-6-11(10)15-13(19)14-8-3-1-2-4-8/h5-8H,1-4H2,(H,17,18)(H2,14,15,19). The summed E-state index contributed by atoms with van der Waals surface area (Å²) < 4.78 is 0. The van der Waals surface area contributed by atoms with Crippen LogP contribution in [-0.4, -0.2) is 28.1 Å². The molecule has 1 aliphatic carbocycles. The summed E-state index contributed by atoms with van der Waals surface area (Å²) >= 11 is 0. The number of carbonyl (C=O) groups excluding carboxylic acids is 1. The molecule has 0 aromatic heterocycles. The molecule has 21 heavy (non-hydrogen) atoms. The largest absolute Gasteiger partial charge is 0.478 e. The number of carboxylic acid groups (broad SMARTS) is 1. The first kappa shape index (κ1) is 14.8. The van der Waals surface area contributed by atoms with Gasteiger partial charge in [-0.05, 0) is 18.9 Å². The lowest BCUT2D eigenvalue weighted by Gasteiger charge is -2.14. The van der Waals surface area contributed by atoms with Crippen LogP contribution in [0.25, 0.3) is 0 Å². The Kier molecular flexibility index (Phi) is 4.36. The predicted molar refractivity (Wildman–Crippen MR) is 74.5 cm³/mol. The van der Waals surface area contributed by atoms with Gasteiger partial charge in [-0.2, -0.15) is 0 Å². The number of non-ortho nitro benzene ring substituents is 1. The number of amides is 2. The minimum atomic E-state index is -1.34. The first-order valence-electron chi connectivity index (χ1n) is 6.56. The second-order valence-corrected chi connectivity index (χ2v) is 4.87. The van der Waals surface area contributed by atoms with Crippen LogP contribution in [-0.2, 0) is 0 Å². The first-order valence-corrected chi connectivity index (χ1v) is 6.56. The average molecular weight is 293 g/mol. The fourth-order valence-electron chi connectivity index (χ4n) is 2.35. The third kappa shape index (κ3) is 3.68. The zero-order valence-electron chi connectivity index (χ0n) is 11.2. The van der Waals surface area contributed by atoms with Crippen molar-refractivity contribution in [1.29, 1.82) is 0 Å². The maximum Gasteiger partial charge on any atom is 0.338 e. The van der Waals surface area contributed by atoms with E-state index < -0.39 is 16.9 Å². The zero-order valence-corrected chi connectivity index (χ0v) is 11.2. The zero-order chi connectivity index (χ0) is 15.4. The van der Waals surface area contributed by atoms with E-state index in [2.05, 4.69) is 10.6 Å². The highest BCUT2D eigenvalue weighted by Crippen LogP contribution is 2.23. The smallest absolute Gasteiger partial charge is 0.338 e. The lowest BCUT2D eigenvalue weighted by molar-refractivity contribution is -0.384. The molecule has 0 unspecified atom stereocenters. The summed E-state index contributed by atoms with van der Waals surface area (Å²) in [4.78, 5) is 32.9. The van der Waals surface area contributed by atoms with E-state index in [9.17, 15) is 19.7 Å². The molecule has 8 heteroatoms. The van der Waals surface area contributed by atoms with E-state index in [0.29, 0.717) is 0 Å². The van der Waals surface area contributed by atoms with Crippen molar-refractivity contribution in [3.8, 4) is 0 Å². The molecule has 0 spiro atoms. The summed E-state index contributed by atoms with van der Waals surface area (Å²) in [5.74, 6) is -1.34. The number of urea groups is 1. The monoisotopic (exact) mass is 293 g/mol. The number of aromatic carboxylic acids is 1. The van der Waals surface area contributed by atoms with Crippen LogP contribution in [0.3, 0.4) is 0 Å².